The minimum atomic E-state index is -0.759. The van der Waals surface area contributed by atoms with Gasteiger partial charge in [0.05, 0.1) is 6.61 Å². The molecule has 1 atom stereocenters. The Balaban J connectivity index is 3.00. The maximum absolute atomic E-state index is 13.7. The number of hydrogen-bond acceptors (Lipinski definition) is 1. The third kappa shape index (κ3) is 2.80. The zero-order valence-corrected chi connectivity index (χ0v) is 9.57. The number of hydrogen-bond donors (Lipinski definition) is 0. The minimum absolute atomic E-state index is 0.116. The first-order valence-electron chi connectivity index (χ1n) is 5.36. The monoisotopic (exact) mass is 216 g/mol. The SMILES string of the molecule is CCC1=C(/C(F)=C(/C)CF)OCC(C)C1. The van der Waals surface area contributed by atoms with Crippen LogP contribution in [0.5, 0.6) is 0 Å². The second kappa shape index (κ2) is 5.29. The van der Waals surface area contributed by atoms with Crippen LogP contribution in [0.3, 0.4) is 0 Å². The molecule has 0 aromatic rings. The molecule has 0 radical (unpaired) electrons. The van der Waals surface area contributed by atoms with Gasteiger partial charge in [0.15, 0.2) is 11.6 Å². The molecule has 15 heavy (non-hydrogen) atoms. The van der Waals surface area contributed by atoms with Crippen molar-refractivity contribution in [3.63, 3.8) is 0 Å². The van der Waals surface area contributed by atoms with Crippen LogP contribution in [0.4, 0.5) is 8.78 Å². The van der Waals surface area contributed by atoms with Gasteiger partial charge < -0.3 is 4.74 Å². The minimum Gasteiger partial charge on any atom is -0.490 e. The first-order chi connectivity index (χ1) is 7.10. The largest absolute Gasteiger partial charge is 0.490 e. The van der Waals surface area contributed by atoms with E-state index in [4.69, 9.17) is 4.74 Å². The Kier molecular flexibility index (Phi) is 4.30. The Morgan fingerprint density at radius 2 is 2.20 bits per heavy atom. The van der Waals surface area contributed by atoms with Gasteiger partial charge in [0, 0.05) is 0 Å². The number of alkyl halides is 1. The Bertz CT molecular complexity index is 292. The van der Waals surface area contributed by atoms with Crippen LogP contribution in [-0.4, -0.2) is 13.3 Å². The molecule has 0 amide bonds. The van der Waals surface area contributed by atoms with Crippen LogP contribution >= 0.6 is 0 Å². The van der Waals surface area contributed by atoms with Crippen molar-refractivity contribution in [3.05, 3.63) is 22.7 Å². The highest BCUT2D eigenvalue weighted by Crippen LogP contribution is 2.31. The van der Waals surface area contributed by atoms with Crippen molar-refractivity contribution in [1.82, 2.24) is 0 Å². The van der Waals surface area contributed by atoms with E-state index in [9.17, 15) is 8.78 Å². The molecule has 0 saturated heterocycles. The van der Waals surface area contributed by atoms with Crippen molar-refractivity contribution < 1.29 is 13.5 Å². The fourth-order valence-corrected chi connectivity index (χ4v) is 1.68. The van der Waals surface area contributed by atoms with E-state index < -0.39 is 12.5 Å². The highest BCUT2D eigenvalue weighted by atomic mass is 19.1. The van der Waals surface area contributed by atoms with Crippen LogP contribution in [0.15, 0.2) is 22.7 Å². The molecule has 0 aromatic carbocycles. The van der Waals surface area contributed by atoms with Crippen molar-refractivity contribution in [2.75, 3.05) is 13.3 Å². The molecule has 1 heterocycles. The lowest BCUT2D eigenvalue weighted by Crippen LogP contribution is -2.16. The molecule has 1 rings (SSSR count). The average molecular weight is 216 g/mol. The molecular formula is C12H18F2O. The van der Waals surface area contributed by atoms with Crippen molar-refractivity contribution in [2.24, 2.45) is 5.92 Å². The van der Waals surface area contributed by atoms with Gasteiger partial charge in [-0.05, 0) is 36.8 Å². The summed E-state index contributed by atoms with van der Waals surface area (Å²) in [5.41, 5.74) is 1.07. The zero-order chi connectivity index (χ0) is 11.4. The van der Waals surface area contributed by atoms with Gasteiger partial charge in [-0.15, -0.1) is 0 Å². The van der Waals surface area contributed by atoms with E-state index in [0.717, 1.165) is 18.4 Å². The summed E-state index contributed by atoms with van der Waals surface area (Å²) >= 11 is 0. The molecule has 0 aliphatic carbocycles. The summed E-state index contributed by atoms with van der Waals surface area (Å²) < 4.78 is 31.4. The first kappa shape index (κ1) is 12.2. The highest BCUT2D eigenvalue weighted by molar-refractivity contribution is 5.31. The first-order valence-corrected chi connectivity index (χ1v) is 5.36. The molecule has 0 bridgehead atoms. The quantitative estimate of drug-likeness (QED) is 0.694. The van der Waals surface area contributed by atoms with E-state index in [2.05, 4.69) is 6.92 Å². The Hall–Kier alpha value is -0.860. The smallest absolute Gasteiger partial charge is 0.166 e. The molecule has 86 valence electrons. The molecule has 0 saturated carbocycles. The molecular weight excluding hydrogens is 198 g/mol. The molecule has 1 aliphatic rings. The lowest BCUT2D eigenvalue weighted by atomic mass is 9.95. The Morgan fingerprint density at radius 3 is 2.73 bits per heavy atom. The predicted octanol–water partition coefficient (Wildman–Crippen LogP) is 3.92. The van der Waals surface area contributed by atoms with Crippen molar-refractivity contribution in [2.45, 2.75) is 33.6 Å². The number of rotatable bonds is 3. The van der Waals surface area contributed by atoms with Crippen molar-refractivity contribution in [3.8, 4) is 0 Å². The van der Waals surface area contributed by atoms with E-state index in [1.807, 2.05) is 6.92 Å². The number of halogens is 2. The lowest BCUT2D eigenvalue weighted by Gasteiger charge is -2.24. The van der Waals surface area contributed by atoms with Crippen molar-refractivity contribution >= 4 is 0 Å². The summed E-state index contributed by atoms with van der Waals surface area (Å²) in [6.07, 6.45) is 1.60. The molecule has 1 unspecified atom stereocenters. The number of ether oxygens (including phenoxy) is 1. The fraction of sp³-hybridized carbons (Fsp3) is 0.667. The van der Waals surface area contributed by atoms with E-state index in [1.54, 1.807) is 0 Å². The van der Waals surface area contributed by atoms with Gasteiger partial charge in [0.1, 0.15) is 6.67 Å². The van der Waals surface area contributed by atoms with E-state index in [1.165, 1.54) is 6.92 Å². The van der Waals surface area contributed by atoms with Gasteiger partial charge >= 0.3 is 0 Å². The van der Waals surface area contributed by atoms with E-state index in [0.29, 0.717) is 12.5 Å². The molecule has 3 heteroatoms. The van der Waals surface area contributed by atoms with Crippen LogP contribution in [0.2, 0.25) is 0 Å². The van der Waals surface area contributed by atoms with Crippen molar-refractivity contribution in [1.29, 1.82) is 0 Å². The standard InChI is InChI=1S/C12H18F2O/c1-4-10-5-8(2)7-15-12(10)11(14)9(3)6-13/h8H,4-7H2,1-3H3/b11-9+. The molecule has 0 aromatic heterocycles. The van der Waals surface area contributed by atoms with Gasteiger partial charge in [-0.2, -0.15) is 0 Å². The van der Waals surface area contributed by atoms with Crippen LogP contribution in [0, 0.1) is 5.92 Å². The normalized spacial score (nSPS) is 23.7. The summed E-state index contributed by atoms with van der Waals surface area (Å²) in [4.78, 5) is 0. The second-order valence-corrected chi connectivity index (χ2v) is 4.13. The zero-order valence-electron chi connectivity index (χ0n) is 9.57. The van der Waals surface area contributed by atoms with Gasteiger partial charge in [-0.1, -0.05) is 13.8 Å². The summed E-state index contributed by atoms with van der Waals surface area (Å²) in [5, 5.41) is 0. The van der Waals surface area contributed by atoms with Crippen LogP contribution in [0.1, 0.15) is 33.6 Å². The predicted molar refractivity (Wildman–Crippen MR) is 56.8 cm³/mol. The summed E-state index contributed by atoms with van der Waals surface area (Å²) in [7, 11) is 0. The third-order valence-electron chi connectivity index (χ3n) is 2.63. The van der Waals surface area contributed by atoms with E-state index in [-0.39, 0.29) is 11.3 Å². The maximum Gasteiger partial charge on any atom is 0.166 e. The van der Waals surface area contributed by atoms with Crippen LogP contribution < -0.4 is 0 Å². The summed E-state index contributed by atoms with van der Waals surface area (Å²) in [6.45, 7) is 5.25. The van der Waals surface area contributed by atoms with E-state index >= 15 is 0 Å². The van der Waals surface area contributed by atoms with Gasteiger partial charge in [-0.25, -0.2) is 8.78 Å². The van der Waals surface area contributed by atoms with Gasteiger partial charge in [0.25, 0.3) is 0 Å². The molecule has 0 N–H and O–H groups in total. The fourth-order valence-electron chi connectivity index (χ4n) is 1.68. The summed E-state index contributed by atoms with van der Waals surface area (Å²) in [6, 6.07) is 0. The van der Waals surface area contributed by atoms with Gasteiger partial charge in [0.2, 0.25) is 0 Å². The van der Waals surface area contributed by atoms with Crippen LogP contribution in [0.25, 0.3) is 0 Å². The molecule has 1 nitrogen and oxygen atoms in total. The maximum atomic E-state index is 13.7. The third-order valence-corrected chi connectivity index (χ3v) is 2.63. The lowest BCUT2D eigenvalue weighted by molar-refractivity contribution is 0.144. The second-order valence-electron chi connectivity index (χ2n) is 4.13. The molecule has 0 spiro atoms. The Labute approximate surface area is 89.8 Å². The van der Waals surface area contributed by atoms with Crippen LogP contribution in [-0.2, 0) is 4.74 Å². The topological polar surface area (TPSA) is 9.23 Å². The average Bonchev–Trinajstić information content (AvgIpc) is 2.26. The highest BCUT2D eigenvalue weighted by Gasteiger charge is 2.22. The molecule has 0 fully saturated rings. The summed E-state index contributed by atoms with van der Waals surface area (Å²) in [5.74, 6) is 0.189. The number of allylic oxidation sites excluding steroid dienone is 3. The Morgan fingerprint density at radius 1 is 1.53 bits per heavy atom. The molecule has 1 aliphatic heterocycles. The van der Waals surface area contributed by atoms with Gasteiger partial charge in [-0.3, -0.25) is 0 Å².